The molecule has 0 radical (unpaired) electrons. The third-order valence-electron chi connectivity index (χ3n) is 2.38. The monoisotopic (exact) mass is 199 g/mol. The van der Waals surface area contributed by atoms with Gasteiger partial charge in [-0.15, -0.1) is 10.2 Å². The number of fused-ring (bicyclic) bond motifs is 1. The molecule has 15 heavy (non-hydrogen) atoms. The van der Waals surface area contributed by atoms with Crippen LogP contribution in [-0.4, -0.2) is 24.1 Å². The molecule has 0 aliphatic heterocycles. The van der Waals surface area contributed by atoms with Gasteiger partial charge < -0.3 is 4.57 Å². The molecule has 0 aliphatic carbocycles. The second-order valence-electron chi connectivity index (χ2n) is 3.37. The van der Waals surface area contributed by atoms with E-state index in [-0.39, 0.29) is 0 Å². The Morgan fingerprint density at radius 2 is 2.20 bits per heavy atom. The molecule has 5 heteroatoms. The van der Waals surface area contributed by atoms with E-state index in [1.54, 1.807) is 12.5 Å². The standard InChI is InChI=1S/C10H9N5/c1-14-5-3-11-10(14)8-2-4-15-7-12-13-9(15)6-8/h2-7H,1H3. The van der Waals surface area contributed by atoms with Gasteiger partial charge in [0.25, 0.3) is 0 Å². The molecule has 0 N–H and O–H groups in total. The van der Waals surface area contributed by atoms with Crippen molar-refractivity contribution in [2.75, 3.05) is 0 Å². The number of hydrogen-bond acceptors (Lipinski definition) is 3. The van der Waals surface area contributed by atoms with Crippen LogP contribution in [0.3, 0.4) is 0 Å². The number of aromatic nitrogens is 5. The SMILES string of the molecule is Cn1ccnc1-c1ccn2cnnc2c1. The third-order valence-corrected chi connectivity index (χ3v) is 2.38. The van der Waals surface area contributed by atoms with Gasteiger partial charge >= 0.3 is 0 Å². The van der Waals surface area contributed by atoms with Crippen molar-refractivity contribution in [3.8, 4) is 11.4 Å². The summed E-state index contributed by atoms with van der Waals surface area (Å²) < 4.78 is 3.84. The topological polar surface area (TPSA) is 48.0 Å². The normalized spacial score (nSPS) is 11.0. The number of rotatable bonds is 1. The summed E-state index contributed by atoms with van der Waals surface area (Å²) in [4.78, 5) is 4.28. The van der Waals surface area contributed by atoms with Gasteiger partial charge in [0.1, 0.15) is 12.2 Å². The maximum Gasteiger partial charge on any atom is 0.161 e. The maximum atomic E-state index is 4.28. The van der Waals surface area contributed by atoms with E-state index in [9.17, 15) is 0 Å². The van der Waals surface area contributed by atoms with Crippen LogP contribution in [0.2, 0.25) is 0 Å². The van der Waals surface area contributed by atoms with Crippen LogP contribution < -0.4 is 0 Å². The van der Waals surface area contributed by atoms with Gasteiger partial charge in [-0.2, -0.15) is 0 Å². The molecule has 0 unspecified atom stereocenters. The minimum Gasteiger partial charge on any atom is -0.334 e. The first-order chi connectivity index (χ1) is 7.34. The molecule has 0 bridgehead atoms. The van der Waals surface area contributed by atoms with Crippen molar-refractivity contribution >= 4 is 5.65 Å². The summed E-state index contributed by atoms with van der Waals surface area (Å²) in [6.07, 6.45) is 7.31. The van der Waals surface area contributed by atoms with Crippen LogP contribution in [0.1, 0.15) is 0 Å². The van der Waals surface area contributed by atoms with Gasteiger partial charge in [0.2, 0.25) is 0 Å². The maximum absolute atomic E-state index is 4.28. The summed E-state index contributed by atoms with van der Waals surface area (Å²) >= 11 is 0. The highest BCUT2D eigenvalue weighted by atomic mass is 15.2. The fourth-order valence-electron chi connectivity index (χ4n) is 1.60. The van der Waals surface area contributed by atoms with Crippen LogP contribution in [0.5, 0.6) is 0 Å². The molecular weight excluding hydrogens is 190 g/mol. The molecule has 0 atom stereocenters. The molecule has 0 aromatic carbocycles. The molecule has 3 rings (SSSR count). The van der Waals surface area contributed by atoms with E-state index < -0.39 is 0 Å². The Kier molecular flexibility index (Phi) is 1.58. The number of aryl methyl sites for hydroxylation is 1. The summed E-state index contributed by atoms with van der Waals surface area (Å²) in [6.45, 7) is 0. The Hall–Kier alpha value is -2.17. The lowest BCUT2D eigenvalue weighted by Crippen LogP contribution is -1.92. The van der Waals surface area contributed by atoms with E-state index in [1.165, 1.54) is 0 Å². The fraction of sp³-hybridized carbons (Fsp3) is 0.100. The molecule has 3 aromatic heterocycles. The highest BCUT2D eigenvalue weighted by molar-refractivity contribution is 5.61. The van der Waals surface area contributed by atoms with E-state index in [0.717, 1.165) is 17.0 Å². The van der Waals surface area contributed by atoms with E-state index in [0.29, 0.717) is 0 Å². The van der Waals surface area contributed by atoms with E-state index in [2.05, 4.69) is 15.2 Å². The van der Waals surface area contributed by atoms with Crippen LogP contribution in [0.15, 0.2) is 37.1 Å². The highest BCUT2D eigenvalue weighted by Crippen LogP contribution is 2.17. The lowest BCUT2D eigenvalue weighted by Gasteiger charge is -2.01. The summed E-state index contributed by atoms with van der Waals surface area (Å²) in [6, 6.07) is 3.97. The number of pyridine rings is 1. The first-order valence-corrected chi connectivity index (χ1v) is 4.62. The molecule has 74 valence electrons. The van der Waals surface area contributed by atoms with Crippen molar-refractivity contribution in [3.63, 3.8) is 0 Å². The molecule has 3 aromatic rings. The molecule has 0 saturated carbocycles. The van der Waals surface area contributed by atoms with Crippen LogP contribution in [-0.2, 0) is 7.05 Å². The Morgan fingerprint density at radius 1 is 1.27 bits per heavy atom. The van der Waals surface area contributed by atoms with Gasteiger partial charge in [-0.25, -0.2) is 4.98 Å². The summed E-state index contributed by atoms with van der Waals surface area (Å²) in [5.74, 6) is 0.931. The zero-order valence-electron chi connectivity index (χ0n) is 8.20. The van der Waals surface area contributed by atoms with Crippen molar-refractivity contribution in [1.82, 2.24) is 24.1 Å². The van der Waals surface area contributed by atoms with Crippen molar-refractivity contribution in [3.05, 3.63) is 37.1 Å². The minimum absolute atomic E-state index is 0.829. The second kappa shape index (κ2) is 2.91. The molecule has 0 saturated heterocycles. The smallest absolute Gasteiger partial charge is 0.161 e. The first-order valence-electron chi connectivity index (χ1n) is 4.62. The Bertz CT molecular complexity index is 607. The molecule has 0 spiro atoms. The van der Waals surface area contributed by atoms with Crippen molar-refractivity contribution < 1.29 is 0 Å². The van der Waals surface area contributed by atoms with Crippen LogP contribution in [0.4, 0.5) is 0 Å². The lowest BCUT2D eigenvalue weighted by molar-refractivity contribution is 0.924. The number of hydrogen-bond donors (Lipinski definition) is 0. The quantitative estimate of drug-likeness (QED) is 0.590. The van der Waals surface area contributed by atoms with Crippen LogP contribution >= 0.6 is 0 Å². The minimum atomic E-state index is 0.829. The third kappa shape index (κ3) is 1.20. The summed E-state index contributed by atoms with van der Waals surface area (Å²) in [5, 5.41) is 7.83. The Labute approximate surface area is 86.0 Å². The lowest BCUT2D eigenvalue weighted by atomic mass is 10.2. The predicted octanol–water partition coefficient (Wildman–Crippen LogP) is 1.13. The molecule has 5 nitrogen and oxygen atoms in total. The fourth-order valence-corrected chi connectivity index (χ4v) is 1.60. The van der Waals surface area contributed by atoms with Crippen molar-refractivity contribution in [1.29, 1.82) is 0 Å². The zero-order valence-corrected chi connectivity index (χ0v) is 8.20. The van der Waals surface area contributed by atoms with E-state index >= 15 is 0 Å². The first kappa shape index (κ1) is 8.16. The van der Waals surface area contributed by atoms with Gasteiger partial charge in [0.05, 0.1) is 0 Å². The average molecular weight is 199 g/mol. The number of imidazole rings is 1. The highest BCUT2D eigenvalue weighted by Gasteiger charge is 2.04. The summed E-state index contributed by atoms with van der Waals surface area (Å²) in [7, 11) is 1.97. The van der Waals surface area contributed by atoms with Crippen LogP contribution in [0.25, 0.3) is 17.0 Å². The number of nitrogens with zero attached hydrogens (tertiary/aromatic N) is 5. The van der Waals surface area contributed by atoms with E-state index in [4.69, 9.17) is 0 Å². The largest absolute Gasteiger partial charge is 0.334 e. The molecule has 3 heterocycles. The van der Waals surface area contributed by atoms with Gasteiger partial charge in [-0.1, -0.05) is 0 Å². The Balaban J connectivity index is 2.23. The second-order valence-corrected chi connectivity index (χ2v) is 3.37. The summed E-state index contributed by atoms with van der Waals surface area (Å²) in [5.41, 5.74) is 1.87. The molecule has 0 aliphatic rings. The van der Waals surface area contributed by atoms with Crippen molar-refractivity contribution in [2.45, 2.75) is 0 Å². The van der Waals surface area contributed by atoms with Crippen molar-refractivity contribution in [2.24, 2.45) is 7.05 Å². The molecular formula is C10H9N5. The predicted molar refractivity (Wildman–Crippen MR) is 55.2 cm³/mol. The van der Waals surface area contributed by atoms with Gasteiger partial charge in [-0.05, 0) is 12.1 Å². The molecule has 0 fully saturated rings. The van der Waals surface area contributed by atoms with Crippen LogP contribution in [0, 0.1) is 0 Å². The van der Waals surface area contributed by atoms with Gasteiger partial charge in [-0.3, -0.25) is 4.40 Å². The average Bonchev–Trinajstić information content (AvgIpc) is 2.84. The van der Waals surface area contributed by atoms with Gasteiger partial charge in [0, 0.05) is 31.2 Å². The molecule has 0 amide bonds. The zero-order chi connectivity index (χ0) is 10.3. The Morgan fingerprint density at radius 3 is 3.00 bits per heavy atom. The van der Waals surface area contributed by atoms with E-state index in [1.807, 2.05) is 40.5 Å². The van der Waals surface area contributed by atoms with Gasteiger partial charge in [0.15, 0.2) is 5.65 Å².